The summed E-state index contributed by atoms with van der Waals surface area (Å²) in [5.41, 5.74) is 1.41. The Kier molecular flexibility index (Phi) is 11.9. The van der Waals surface area contributed by atoms with Crippen LogP contribution in [-0.2, 0) is 18.9 Å². The number of benzene rings is 2. The molecule has 2 atom stereocenters. The Labute approximate surface area is 280 Å². The molecule has 3 aromatic rings. The van der Waals surface area contributed by atoms with Crippen molar-refractivity contribution >= 4 is 47.0 Å². The molecule has 0 spiro atoms. The van der Waals surface area contributed by atoms with Crippen molar-refractivity contribution in [3.8, 4) is 11.5 Å². The zero-order chi connectivity index (χ0) is 33.9. The second-order valence-electron chi connectivity index (χ2n) is 12.3. The number of rotatable bonds is 8. The van der Waals surface area contributed by atoms with Crippen molar-refractivity contribution < 1.29 is 33.2 Å². The molecule has 0 aliphatic carbocycles. The predicted octanol–water partition coefficient (Wildman–Crippen LogP) is 6.44. The standard InChI is InChI=1S/C34H45N7O7/c1-22-21-43-15-16-46-28-19-23(12-13-27(28)45-18-17-44-22)36-32-40-30(24(20-35)31(41-32)39-29-11-7-8-14-47-29)37-25-9-5-6-10-26(25)38-33(42)48-34(2,3)4/h5-6,9-10,12-13,19-20,22,29,35H,7-8,11,14-18,21H2,1-4H3,(H,38,42)(H3,36,37,39,40,41)/t22-,29?/m0/s1. The van der Waals surface area contributed by atoms with Crippen LogP contribution in [0.1, 0.15) is 52.5 Å². The van der Waals surface area contributed by atoms with Crippen molar-refractivity contribution in [2.24, 2.45) is 0 Å². The molecule has 2 aliphatic rings. The molecule has 1 fully saturated rings. The third-order valence-corrected chi connectivity index (χ3v) is 7.16. The van der Waals surface area contributed by atoms with Crippen LogP contribution in [-0.4, -0.2) is 79.9 Å². The van der Waals surface area contributed by atoms with Gasteiger partial charge in [0.25, 0.3) is 0 Å². The molecule has 2 aliphatic heterocycles. The molecular formula is C34H45N7O7. The molecular weight excluding hydrogens is 618 g/mol. The number of amides is 1. The minimum atomic E-state index is -0.668. The minimum absolute atomic E-state index is 0.0312. The van der Waals surface area contributed by atoms with E-state index >= 15 is 0 Å². The summed E-state index contributed by atoms with van der Waals surface area (Å²) >= 11 is 0. The molecule has 3 heterocycles. The topological polar surface area (TPSA) is 170 Å². The third-order valence-electron chi connectivity index (χ3n) is 7.16. The van der Waals surface area contributed by atoms with Crippen LogP contribution >= 0.6 is 0 Å². The average Bonchev–Trinajstić information content (AvgIpc) is 3.03. The molecule has 5 N–H and O–H groups in total. The number of anilines is 6. The number of carbonyl (C=O) groups excluding carboxylic acids is 1. The molecule has 14 heteroatoms. The van der Waals surface area contributed by atoms with Gasteiger partial charge in [-0.15, -0.1) is 0 Å². The fourth-order valence-electron chi connectivity index (χ4n) is 4.97. The SMILES string of the molecule is C[C@H]1COCCOc2cc(Nc3nc(Nc4ccccc4NC(=O)OC(C)(C)C)c(C=N)c(NC4CCCCO4)n3)ccc2OCCO1. The van der Waals surface area contributed by atoms with Crippen molar-refractivity contribution in [2.75, 3.05) is 60.9 Å². The number of carbonyl (C=O) groups is 1. The van der Waals surface area contributed by atoms with Gasteiger partial charge < -0.3 is 49.8 Å². The molecule has 0 bridgehead atoms. The number of ether oxygens (including phenoxy) is 6. The molecule has 1 aromatic heterocycles. The smallest absolute Gasteiger partial charge is 0.412 e. The first kappa shape index (κ1) is 34.7. The van der Waals surface area contributed by atoms with Crippen LogP contribution in [0, 0.1) is 5.41 Å². The van der Waals surface area contributed by atoms with E-state index in [1.165, 1.54) is 6.21 Å². The van der Waals surface area contributed by atoms with Crippen LogP contribution in [0.4, 0.5) is 39.4 Å². The van der Waals surface area contributed by atoms with Gasteiger partial charge in [-0.25, -0.2) is 4.79 Å². The summed E-state index contributed by atoms with van der Waals surface area (Å²) in [6.45, 7) is 9.97. The lowest BCUT2D eigenvalue weighted by atomic mass is 10.2. The second kappa shape index (κ2) is 16.4. The second-order valence-corrected chi connectivity index (χ2v) is 12.3. The Morgan fingerprint density at radius 2 is 1.69 bits per heavy atom. The van der Waals surface area contributed by atoms with Gasteiger partial charge in [-0.1, -0.05) is 12.1 Å². The fourth-order valence-corrected chi connectivity index (χ4v) is 4.97. The predicted molar refractivity (Wildman–Crippen MR) is 184 cm³/mol. The Morgan fingerprint density at radius 3 is 2.46 bits per heavy atom. The Hall–Kier alpha value is -4.66. The molecule has 2 aromatic carbocycles. The maximum atomic E-state index is 12.6. The van der Waals surface area contributed by atoms with Crippen LogP contribution in [0.5, 0.6) is 11.5 Å². The van der Waals surface area contributed by atoms with Crippen LogP contribution in [0.25, 0.3) is 0 Å². The lowest BCUT2D eigenvalue weighted by molar-refractivity contribution is -0.0240. The lowest BCUT2D eigenvalue weighted by Gasteiger charge is -2.25. The van der Waals surface area contributed by atoms with E-state index in [1.54, 1.807) is 39.0 Å². The number of aromatic nitrogens is 2. The van der Waals surface area contributed by atoms with Crippen molar-refractivity contribution in [1.29, 1.82) is 5.41 Å². The summed E-state index contributed by atoms with van der Waals surface area (Å²) in [6, 6.07) is 12.6. The molecule has 1 unspecified atom stereocenters. The molecule has 0 saturated carbocycles. The molecule has 48 heavy (non-hydrogen) atoms. The van der Waals surface area contributed by atoms with Gasteiger partial charge in [0.05, 0.1) is 42.9 Å². The average molecular weight is 664 g/mol. The highest BCUT2D eigenvalue weighted by atomic mass is 16.6. The van der Waals surface area contributed by atoms with Crippen molar-refractivity contribution in [3.63, 3.8) is 0 Å². The zero-order valence-electron chi connectivity index (χ0n) is 27.9. The van der Waals surface area contributed by atoms with Crippen molar-refractivity contribution in [3.05, 3.63) is 48.0 Å². The summed E-state index contributed by atoms with van der Waals surface area (Å²) in [4.78, 5) is 22.1. The van der Waals surface area contributed by atoms with Gasteiger partial charge in [0.2, 0.25) is 5.95 Å². The first-order chi connectivity index (χ1) is 23.2. The van der Waals surface area contributed by atoms with Gasteiger partial charge in [-0.2, -0.15) is 9.97 Å². The van der Waals surface area contributed by atoms with Crippen molar-refractivity contribution in [1.82, 2.24) is 9.97 Å². The van der Waals surface area contributed by atoms with Gasteiger partial charge in [0, 0.05) is 24.6 Å². The summed E-state index contributed by atoms with van der Waals surface area (Å²) < 4.78 is 34.8. The van der Waals surface area contributed by atoms with Crippen LogP contribution in [0.15, 0.2) is 42.5 Å². The summed E-state index contributed by atoms with van der Waals surface area (Å²) in [6.07, 6.45) is 3.08. The van der Waals surface area contributed by atoms with Gasteiger partial charge >= 0.3 is 6.09 Å². The number of nitrogens with one attached hydrogen (secondary N) is 5. The van der Waals surface area contributed by atoms with Gasteiger partial charge in [0.15, 0.2) is 11.5 Å². The van der Waals surface area contributed by atoms with Crippen LogP contribution in [0.2, 0.25) is 0 Å². The van der Waals surface area contributed by atoms with E-state index in [0.29, 0.717) is 85.4 Å². The Morgan fingerprint density at radius 1 is 0.917 bits per heavy atom. The maximum Gasteiger partial charge on any atom is 0.412 e. The van der Waals surface area contributed by atoms with Crippen molar-refractivity contribution in [2.45, 2.75) is 64.9 Å². The normalized spacial score (nSPS) is 18.8. The highest BCUT2D eigenvalue weighted by molar-refractivity contribution is 5.95. The number of nitrogens with zero attached hydrogens (tertiary/aromatic N) is 2. The summed E-state index contributed by atoms with van der Waals surface area (Å²) in [5.74, 6) is 2.09. The Balaban J connectivity index is 1.44. The lowest BCUT2D eigenvalue weighted by Crippen LogP contribution is -2.28. The number of hydrogen-bond donors (Lipinski definition) is 5. The van der Waals surface area contributed by atoms with E-state index in [4.69, 9.17) is 43.8 Å². The third kappa shape index (κ3) is 10.2. The van der Waals surface area contributed by atoms with E-state index in [-0.39, 0.29) is 18.3 Å². The summed E-state index contributed by atoms with van der Waals surface area (Å²) in [7, 11) is 0. The largest absolute Gasteiger partial charge is 0.487 e. The Bertz CT molecular complexity index is 1540. The van der Waals surface area contributed by atoms with E-state index in [2.05, 4.69) is 21.3 Å². The summed E-state index contributed by atoms with van der Waals surface area (Å²) in [5, 5.41) is 21.0. The zero-order valence-corrected chi connectivity index (χ0v) is 27.9. The van der Waals surface area contributed by atoms with Crippen LogP contribution < -0.4 is 30.7 Å². The molecule has 258 valence electrons. The highest BCUT2D eigenvalue weighted by Gasteiger charge is 2.22. The molecule has 5 rings (SSSR count). The first-order valence-electron chi connectivity index (χ1n) is 16.2. The maximum absolute atomic E-state index is 12.6. The molecule has 1 saturated heterocycles. The molecule has 0 radical (unpaired) electrons. The van der Waals surface area contributed by atoms with Gasteiger partial charge in [-0.3, -0.25) is 5.32 Å². The fraction of sp³-hybridized carbons (Fsp3) is 0.471. The minimum Gasteiger partial charge on any atom is -0.487 e. The van der Waals surface area contributed by atoms with Crippen LogP contribution in [0.3, 0.4) is 0 Å². The van der Waals surface area contributed by atoms with E-state index in [1.807, 2.05) is 31.2 Å². The van der Waals surface area contributed by atoms with E-state index in [9.17, 15) is 4.79 Å². The van der Waals surface area contributed by atoms with Gasteiger partial charge in [-0.05, 0) is 71.2 Å². The highest BCUT2D eigenvalue weighted by Crippen LogP contribution is 2.34. The number of fused-ring (bicyclic) bond motifs is 1. The number of para-hydroxylation sites is 2. The van der Waals surface area contributed by atoms with E-state index < -0.39 is 11.7 Å². The molecule has 1 amide bonds. The number of hydrogen-bond acceptors (Lipinski definition) is 13. The quantitative estimate of drug-likeness (QED) is 0.167. The van der Waals surface area contributed by atoms with Gasteiger partial charge in [0.1, 0.15) is 36.7 Å². The first-order valence-corrected chi connectivity index (χ1v) is 16.2. The van der Waals surface area contributed by atoms with E-state index in [0.717, 1.165) is 19.3 Å². The monoisotopic (exact) mass is 663 g/mol. The molecule has 14 nitrogen and oxygen atoms in total.